The lowest BCUT2D eigenvalue weighted by Gasteiger charge is -2.54. The van der Waals surface area contributed by atoms with Gasteiger partial charge in [0.2, 0.25) is 0 Å². The Morgan fingerprint density at radius 3 is 2.69 bits per heavy atom. The Bertz CT molecular complexity index is 738. The molecule has 1 saturated heterocycles. The van der Waals surface area contributed by atoms with Crippen LogP contribution < -0.4 is 0 Å². The van der Waals surface area contributed by atoms with E-state index >= 15 is 0 Å². The Morgan fingerprint density at radius 1 is 1.21 bits per heavy atom. The lowest BCUT2D eigenvalue weighted by molar-refractivity contribution is -0.237. The summed E-state index contributed by atoms with van der Waals surface area (Å²) < 4.78 is 16.1. The molecule has 0 unspecified atom stereocenters. The van der Waals surface area contributed by atoms with Crippen LogP contribution in [0.3, 0.4) is 0 Å². The molecule has 0 radical (unpaired) electrons. The van der Waals surface area contributed by atoms with Crippen LogP contribution in [0, 0.1) is 11.8 Å². The van der Waals surface area contributed by atoms with Crippen LogP contribution in [0.15, 0.2) is 12.3 Å². The first kappa shape index (κ1) is 20.7. The van der Waals surface area contributed by atoms with E-state index in [1.807, 2.05) is 6.20 Å². The molecule has 0 aromatic carbocycles. The number of carbonyl (C=O) groups excluding carboxylic acids is 1. The number of hydrogen-bond donors (Lipinski definition) is 1. The van der Waals surface area contributed by atoms with Crippen LogP contribution in [-0.2, 0) is 38.3 Å². The van der Waals surface area contributed by atoms with Crippen molar-refractivity contribution >= 4 is 5.91 Å². The van der Waals surface area contributed by atoms with Gasteiger partial charge in [0.25, 0.3) is 5.91 Å². The van der Waals surface area contributed by atoms with Crippen molar-refractivity contribution in [3.05, 3.63) is 29.1 Å². The Hall–Kier alpha value is -1.54. The number of amides is 1. The number of aromatic nitrogens is 1. The minimum Gasteiger partial charge on any atom is -0.394 e. The lowest BCUT2D eigenvalue weighted by atomic mass is 9.78. The van der Waals surface area contributed by atoms with Gasteiger partial charge < -0.3 is 24.2 Å². The highest BCUT2D eigenvalue weighted by Crippen LogP contribution is 2.41. The van der Waals surface area contributed by atoms with E-state index in [0.717, 1.165) is 24.5 Å². The van der Waals surface area contributed by atoms with Crippen LogP contribution in [0.4, 0.5) is 0 Å². The van der Waals surface area contributed by atoms with E-state index in [0.29, 0.717) is 12.3 Å². The van der Waals surface area contributed by atoms with Gasteiger partial charge >= 0.3 is 0 Å². The van der Waals surface area contributed by atoms with Gasteiger partial charge in [-0.15, -0.1) is 0 Å². The number of pyridine rings is 1. The standard InChI is InChI=1S/C22H32N2O5/c1-27-13-24-20(12-25)22(21(24)26,29-14-28-2)11-19-18-10-16(6-5-15-3-4-15)9-17(18)7-8-23-19/h7-8,15-16,20,25H,3-6,9-14H2,1-2H3/t16-,20-,22+/m0/s1. The summed E-state index contributed by atoms with van der Waals surface area (Å²) in [4.78, 5) is 19.2. The van der Waals surface area contributed by atoms with Crippen molar-refractivity contribution in [3.8, 4) is 0 Å². The van der Waals surface area contributed by atoms with Crippen molar-refractivity contribution < 1.29 is 24.1 Å². The monoisotopic (exact) mass is 404 g/mol. The molecule has 7 nitrogen and oxygen atoms in total. The van der Waals surface area contributed by atoms with Crippen molar-refractivity contribution in [3.63, 3.8) is 0 Å². The van der Waals surface area contributed by atoms with Gasteiger partial charge in [-0.3, -0.25) is 9.78 Å². The minimum atomic E-state index is -1.16. The highest BCUT2D eigenvalue weighted by molar-refractivity contribution is 5.93. The van der Waals surface area contributed by atoms with Crippen LogP contribution in [-0.4, -0.2) is 66.9 Å². The second-order valence-corrected chi connectivity index (χ2v) is 8.70. The molecule has 3 atom stereocenters. The molecule has 1 aromatic rings. The average molecular weight is 405 g/mol. The summed E-state index contributed by atoms with van der Waals surface area (Å²) in [5, 5.41) is 9.99. The van der Waals surface area contributed by atoms with Gasteiger partial charge in [0, 0.05) is 32.5 Å². The third kappa shape index (κ3) is 3.93. The van der Waals surface area contributed by atoms with E-state index in [9.17, 15) is 9.90 Å². The summed E-state index contributed by atoms with van der Waals surface area (Å²) in [6.07, 6.45) is 9.69. The van der Waals surface area contributed by atoms with Gasteiger partial charge in [-0.1, -0.05) is 19.3 Å². The molecule has 1 N–H and O–H groups in total. The lowest BCUT2D eigenvalue weighted by Crippen LogP contribution is -2.77. The van der Waals surface area contributed by atoms with Crippen molar-refractivity contribution in [2.45, 2.75) is 56.6 Å². The second-order valence-electron chi connectivity index (χ2n) is 8.70. The van der Waals surface area contributed by atoms with E-state index in [1.54, 1.807) is 0 Å². The first-order valence-corrected chi connectivity index (χ1v) is 10.6. The molecule has 160 valence electrons. The third-order valence-electron chi connectivity index (χ3n) is 6.77. The second kappa shape index (κ2) is 8.68. The summed E-state index contributed by atoms with van der Waals surface area (Å²) in [7, 11) is 3.06. The number of methoxy groups -OCH3 is 2. The zero-order valence-electron chi connectivity index (χ0n) is 17.4. The van der Waals surface area contributed by atoms with Crippen LogP contribution in [0.5, 0.6) is 0 Å². The number of aliphatic hydroxyl groups is 1. The molecule has 3 aliphatic rings. The van der Waals surface area contributed by atoms with Crippen molar-refractivity contribution in [2.24, 2.45) is 11.8 Å². The smallest absolute Gasteiger partial charge is 0.259 e. The van der Waals surface area contributed by atoms with E-state index in [2.05, 4.69) is 11.1 Å². The molecule has 7 heteroatoms. The fourth-order valence-corrected chi connectivity index (χ4v) is 4.99. The van der Waals surface area contributed by atoms with Crippen molar-refractivity contribution in [2.75, 3.05) is 34.4 Å². The first-order valence-electron chi connectivity index (χ1n) is 10.6. The molecular formula is C22H32N2O5. The normalized spacial score (nSPS) is 28.5. The molecule has 2 aliphatic carbocycles. The largest absolute Gasteiger partial charge is 0.394 e. The van der Waals surface area contributed by atoms with E-state index in [1.165, 1.54) is 55.9 Å². The number of hydrogen-bond acceptors (Lipinski definition) is 6. The molecule has 29 heavy (non-hydrogen) atoms. The van der Waals surface area contributed by atoms with Crippen LogP contribution in [0.25, 0.3) is 0 Å². The van der Waals surface area contributed by atoms with Crippen molar-refractivity contribution in [1.82, 2.24) is 9.88 Å². The van der Waals surface area contributed by atoms with Crippen molar-refractivity contribution in [1.29, 1.82) is 0 Å². The Kier molecular flexibility index (Phi) is 6.20. The van der Waals surface area contributed by atoms with Gasteiger partial charge in [0.05, 0.1) is 12.6 Å². The molecule has 2 fully saturated rings. The summed E-state index contributed by atoms with van der Waals surface area (Å²) in [5.74, 6) is 1.44. The van der Waals surface area contributed by atoms with E-state index in [-0.39, 0.29) is 26.0 Å². The maximum absolute atomic E-state index is 13.0. The van der Waals surface area contributed by atoms with Gasteiger partial charge in [0.1, 0.15) is 13.5 Å². The maximum atomic E-state index is 13.0. The molecule has 2 heterocycles. The predicted molar refractivity (Wildman–Crippen MR) is 106 cm³/mol. The number of aliphatic hydroxyl groups excluding tert-OH is 1. The zero-order chi connectivity index (χ0) is 20.4. The number of carbonyl (C=O) groups is 1. The van der Waals surface area contributed by atoms with E-state index < -0.39 is 11.6 Å². The van der Waals surface area contributed by atoms with Gasteiger partial charge in [-0.25, -0.2) is 0 Å². The van der Waals surface area contributed by atoms with E-state index in [4.69, 9.17) is 14.2 Å². The fourth-order valence-electron chi connectivity index (χ4n) is 4.99. The number of likely N-dealkylation sites (tertiary alicyclic amines) is 1. The van der Waals surface area contributed by atoms with Crippen LogP contribution in [0.1, 0.15) is 42.5 Å². The van der Waals surface area contributed by atoms with Crippen LogP contribution in [0.2, 0.25) is 0 Å². The predicted octanol–water partition coefficient (Wildman–Crippen LogP) is 1.70. The Morgan fingerprint density at radius 2 is 2.00 bits per heavy atom. The highest BCUT2D eigenvalue weighted by atomic mass is 16.7. The molecule has 0 spiro atoms. The number of fused-ring (bicyclic) bond motifs is 1. The summed E-state index contributed by atoms with van der Waals surface area (Å²) >= 11 is 0. The molecule has 1 saturated carbocycles. The molecule has 1 amide bonds. The summed E-state index contributed by atoms with van der Waals surface area (Å²) in [6, 6.07) is 1.64. The SMILES string of the molecule is COCO[C@@]1(Cc2nccc3c2C[C@@H](CCC2CC2)C3)C(=O)N(COC)[C@H]1CO. The maximum Gasteiger partial charge on any atom is 0.259 e. The number of rotatable bonds is 11. The molecule has 1 aromatic heterocycles. The Balaban J connectivity index is 1.53. The molecule has 4 rings (SSSR count). The topological polar surface area (TPSA) is 81.1 Å². The van der Waals surface area contributed by atoms with Gasteiger partial charge in [-0.05, 0) is 48.3 Å². The summed E-state index contributed by atoms with van der Waals surface area (Å²) in [6.45, 7) is -0.0777. The van der Waals surface area contributed by atoms with Gasteiger partial charge in [-0.2, -0.15) is 0 Å². The first-order chi connectivity index (χ1) is 14.1. The minimum absolute atomic E-state index is 0.0118. The highest BCUT2D eigenvalue weighted by Gasteiger charge is 2.62. The zero-order valence-corrected chi connectivity index (χ0v) is 17.4. The van der Waals surface area contributed by atoms with Gasteiger partial charge in [0.15, 0.2) is 5.60 Å². The number of β-lactam (4-membered cyclic amide) rings is 1. The third-order valence-corrected chi connectivity index (χ3v) is 6.77. The summed E-state index contributed by atoms with van der Waals surface area (Å²) in [5.41, 5.74) is 2.37. The fraction of sp³-hybridized carbons (Fsp3) is 0.727. The molecule has 0 bridgehead atoms. The Labute approximate surface area is 172 Å². The molecule has 1 aliphatic heterocycles. The average Bonchev–Trinajstić information content (AvgIpc) is 3.47. The number of ether oxygens (including phenoxy) is 3. The molecular weight excluding hydrogens is 372 g/mol. The quantitative estimate of drug-likeness (QED) is 0.447. The number of nitrogens with zero attached hydrogens (tertiary/aromatic N) is 2. The van der Waals surface area contributed by atoms with Crippen LogP contribution >= 0.6 is 0 Å².